The van der Waals surface area contributed by atoms with Gasteiger partial charge in [-0.25, -0.2) is 13.2 Å². The van der Waals surface area contributed by atoms with Crippen molar-refractivity contribution in [3.05, 3.63) is 65.0 Å². The molecule has 46 heavy (non-hydrogen) atoms. The van der Waals surface area contributed by atoms with Crippen LogP contribution in [-0.2, 0) is 27.4 Å². The van der Waals surface area contributed by atoms with E-state index in [2.05, 4.69) is 15.2 Å². The Morgan fingerprint density at radius 2 is 1.83 bits per heavy atom. The Balaban J connectivity index is 1.60. The third kappa shape index (κ3) is 7.91. The number of anilines is 2. The van der Waals surface area contributed by atoms with E-state index in [-0.39, 0.29) is 65.7 Å². The number of carbonyl (C=O) groups is 2. The average molecular weight is 668 g/mol. The monoisotopic (exact) mass is 667 g/mol. The van der Waals surface area contributed by atoms with Crippen molar-refractivity contribution < 1.29 is 45.5 Å². The van der Waals surface area contributed by atoms with Gasteiger partial charge in [0.1, 0.15) is 17.5 Å². The molecule has 3 aromatic rings. The van der Waals surface area contributed by atoms with E-state index in [9.17, 15) is 36.3 Å². The highest BCUT2D eigenvalue weighted by molar-refractivity contribution is 7.92. The topological polar surface area (TPSA) is 154 Å². The molecule has 12 nitrogen and oxygen atoms in total. The lowest BCUT2D eigenvalue weighted by atomic mass is 10.0. The number of hydrogen-bond donors (Lipinski definition) is 3. The Labute approximate surface area is 264 Å². The van der Waals surface area contributed by atoms with Crippen LogP contribution in [-0.4, -0.2) is 79.3 Å². The van der Waals surface area contributed by atoms with Crippen LogP contribution < -0.4 is 14.8 Å². The number of aliphatic hydroxyl groups excluding tert-OH is 1. The molecule has 0 radical (unpaired) electrons. The lowest BCUT2D eigenvalue weighted by Gasteiger charge is -2.34. The molecule has 16 heteroatoms. The number of fused-ring (bicyclic) bond motifs is 1. The molecule has 0 aliphatic carbocycles. The molecule has 0 fully saturated rings. The summed E-state index contributed by atoms with van der Waals surface area (Å²) >= 11 is 0. The number of alkyl halides is 3. The molecule has 1 aliphatic rings. The first kappa shape index (κ1) is 34.6. The van der Waals surface area contributed by atoms with Gasteiger partial charge in [0, 0.05) is 36.4 Å². The minimum Gasteiger partial charge on any atom is -0.488 e. The second-order valence-electron chi connectivity index (χ2n) is 11.4. The Morgan fingerprint density at radius 3 is 2.41 bits per heavy atom. The summed E-state index contributed by atoms with van der Waals surface area (Å²) in [6, 6.07) is 7.39. The maximum Gasteiger partial charge on any atom is 0.416 e. The van der Waals surface area contributed by atoms with Gasteiger partial charge in [0.15, 0.2) is 10.7 Å². The van der Waals surface area contributed by atoms with Gasteiger partial charge in [0.2, 0.25) is 5.91 Å². The van der Waals surface area contributed by atoms with Gasteiger partial charge >= 0.3 is 12.2 Å². The van der Waals surface area contributed by atoms with Crippen molar-refractivity contribution >= 4 is 33.3 Å². The van der Waals surface area contributed by atoms with Gasteiger partial charge in [0.25, 0.3) is 10.0 Å². The van der Waals surface area contributed by atoms with Crippen molar-refractivity contribution in [1.82, 2.24) is 15.0 Å². The lowest BCUT2D eigenvalue weighted by Crippen LogP contribution is -2.48. The lowest BCUT2D eigenvalue weighted by molar-refractivity contribution is -0.137. The van der Waals surface area contributed by atoms with E-state index in [1.807, 2.05) is 6.92 Å². The second kappa shape index (κ2) is 13.6. The van der Waals surface area contributed by atoms with Crippen LogP contribution >= 0.6 is 0 Å². The van der Waals surface area contributed by atoms with Crippen molar-refractivity contribution in [2.45, 2.75) is 57.3 Å². The zero-order chi connectivity index (χ0) is 34.0. The highest BCUT2D eigenvalue weighted by Gasteiger charge is 2.33. The predicted octanol–water partition coefficient (Wildman–Crippen LogP) is 4.42. The van der Waals surface area contributed by atoms with Gasteiger partial charge < -0.3 is 29.5 Å². The number of nitrogens with zero attached hydrogens (tertiary/aromatic N) is 3. The van der Waals surface area contributed by atoms with Crippen molar-refractivity contribution in [3.63, 3.8) is 0 Å². The molecule has 2 aromatic carbocycles. The van der Waals surface area contributed by atoms with Crippen molar-refractivity contribution in [2.75, 3.05) is 36.8 Å². The predicted molar refractivity (Wildman–Crippen MR) is 162 cm³/mol. The van der Waals surface area contributed by atoms with Crippen molar-refractivity contribution in [3.8, 4) is 5.75 Å². The largest absolute Gasteiger partial charge is 0.488 e. The fraction of sp³-hybridized carbons (Fsp3) is 0.433. The summed E-state index contributed by atoms with van der Waals surface area (Å²) in [6.45, 7) is 6.39. The molecular weight excluding hydrogens is 631 g/mol. The molecule has 3 amide bonds. The number of urea groups is 1. The van der Waals surface area contributed by atoms with Crippen LogP contribution in [0, 0.1) is 19.8 Å². The Morgan fingerprint density at radius 1 is 1.17 bits per heavy atom. The van der Waals surface area contributed by atoms with E-state index >= 15 is 0 Å². The third-order valence-corrected chi connectivity index (χ3v) is 9.29. The third-order valence-electron chi connectivity index (χ3n) is 7.67. The van der Waals surface area contributed by atoms with Gasteiger partial charge in [-0.2, -0.15) is 13.2 Å². The molecule has 2 heterocycles. The molecule has 1 aliphatic heterocycles. The zero-order valence-corrected chi connectivity index (χ0v) is 26.7. The van der Waals surface area contributed by atoms with Gasteiger partial charge in [-0.1, -0.05) is 12.1 Å². The molecule has 1 aromatic heterocycles. The Hall–Kier alpha value is -4.31. The van der Waals surface area contributed by atoms with E-state index in [4.69, 9.17) is 9.26 Å². The molecule has 3 atom stereocenters. The first-order valence-electron chi connectivity index (χ1n) is 14.3. The highest BCUT2D eigenvalue weighted by atomic mass is 32.2. The number of nitrogens with one attached hydrogen (secondary N) is 2. The van der Waals surface area contributed by atoms with E-state index in [0.29, 0.717) is 11.3 Å². The van der Waals surface area contributed by atoms with E-state index in [1.54, 1.807) is 6.92 Å². The molecule has 3 N–H and O–H groups in total. The molecule has 4 rings (SSSR count). The maximum absolute atomic E-state index is 13.5. The van der Waals surface area contributed by atoms with Crippen LogP contribution in [0.4, 0.5) is 29.3 Å². The van der Waals surface area contributed by atoms with Crippen LogP contribution in [0.1, 0.15) is 36.4 Å². The molecule has 0 spiro atoms. The number of rotatable bonds is 8. The molecular formula is C30H36F3N5O7S. The number of likely N-dealkylation sites (N-methyl/N-ethyl adjacent to an activating group) is 1. The average Bonchev–Trinajstić information content (AvgIpc) is 3.35. The van der Waals surface area contributed by atoms with Gasteiger partial charge in [0.05, 0.1) is 31.2 Å². The molecule has 0 unspecified atom stereocenters. The Kier molecular flexibility index (Phi) is 10.2. The highest BCUT2D eigenvalue weighted by Crippen LogP contribution is 2.32. The van der Waals surface area contributed by atoms with Crippen LogP contribution in [0.15, 0.2) is 51.9 Å². The summed E-state index contributed by atoms with van der Waals surface area (Å²) in [5.41, 5.74) is 0.0342. The number of aryl methyl sites for hydroxylation is 2. The SMILES string of the molecule is Cc1noc(C)c1S(=O)(=O)Nc1ccc2c(c1)CC(=O)N([C@@H](C)CO)C[C@@H](C)[C@@H](CN(C)C(=O)Nc1ccc(C(F)(F)F)cc1)O2. The van der Waals surface area contributed by atoms with Gasteiger partial charge in [-0.05, 0) is 63.2 Å². The van der Waals surface area contributed by atoms with Crippen molar-refractivity contribution in [2.24, 2.45) is 5.92 Å². The molecule has 250 valence electrons. The van der Waals surface area contributed by atoms with Crippen LogP contribution in [0.3, 0.4) is 0 Å². The summed E-state index contributed by atoms with van der Waals surface area (Å²) in [5.74, 6) is -0.273. The number of hydrogen-bond acceptors (Lipinski definition) is 8. The fourth-order valence-corrected chi connectivity index (χ4v) is 6.47. The summed E-state index contributed by atoms with van der Waals surface area (Å²) in [5, 5.41) is 16.1. The van der Waals surface area contributed by atoms with Crippen LogP contribution in [0.2, 0.25) is 0 Å². The quantitative estimate of drug-likeness (QED) is 0.319. The molecule has 0 saturated carbocycles. The van der Waals surface area contributed by atoms with E-state index in [0.717, 1.165) is 24.3 Å². The number of benzene rings is 2. The van der Waals surface area contributed by atoms with Crippen LogP contribution in [0.5, 0.6) is 5.75 Å². The first-order chi connectivity index (χ1) is 21.5. The van der Waals surface area contributed by atoms with E-state index in [1.165, 1.54) is 48.9 Å². The minimum atomic E-state index is -4.51. The van der Waals surface area contributed by atoms with E-state index < -0.39 is 39.9 Å². The van der Waals surface area contributed by atoms with Gasteiger partial charge in [-0.3, -0.25) is 9.52 Å². The standard InChI is InChI=1S/C30H36F3N5O7S/c1-17-14-38(18(2)16-39)27(40)13-21-12-24(36-46(42,43)28-19(3)35-45-20(28)4)10-11-25(21)44-26(17)15-37(5)29(41)34-23-8-6-22(7-9-23)30(31,32)33/h6-12,17-18,26,36,39H,13-16H2,1-5H3,(H,34,41)/t17-,18+,26-/m1/s1. The summed E-state index contributed by atoms with van der Waals surface area (Å²) in [6.07, 6.45) is -5.36. The zero-order valence-electron chi connectivity index (χ0n) is 25.9. The summed E-state index contributed by atoms with van der Waals surface area (Å²) in [4.78, 5) is 29.2. The smallest absolute Gasteiger partial charge is 0.416 e. The number of amides is 3. The second-order valence-corrected chi connectivity index (χ2v) is 13.0. The number of aliphatic hydroxyl groups is 1. The maximum atomic E-state index is 13.5. The van der Waals surface area contributed by atoms with Gasteiger partial charge in [-0.15, -0.1) is 0 Å². The number of sulfonamides is 1. The Bertz CT molecular complexity index is 1660. The first-order valence-corrected chi connectivity index (χ1v) is 15.8. The number of carbonyl (C=O) groups excluding carboxylic acids is 2. The fourth-order valence-electron chi connectivity index (χ4n) is 5.09. The molecule has 0 bridgehead atoms. The normalized spacial score (nSPS) is 18.0. The summed E-state index contributed by atoms with van der Waals surface area (Å²) < 4.78 is 78.9. The number of halogens is 3. The number of aromatic nitrogens is 1. The summed E-state index contributed by atoms with van der Waals surface area (Å²) in [7, 11) is -2.59. The van der Waals surface area contributed by atoms with Crippen LogP contribution in [0.25, 0.3) is 0 Å². The van der Waals surface area contributed by atoms with Crippen molar-refractivity contribution in [1.29, 1.82) is 0 Å². The minimum absolute atomic E-state index is 0.0169. The number of ether oxygens (including phenoxy) is 1. The molecule has 0 saturated heterocycles.